The molecule has 2 rings (SSSR count). The van der Waals surface area contributed by atoms with Crippen molar-refractivity contribution >= 4 is 32.5 Å². The van der Waals surface area contributed by atoms with Crippen LogP contribution in [0.3, 0.4) is 0 Å². The molecule has 0 saturated carbocycles. The van der Waals surface area contributed by atoms with Crippen LogP contribution in [-0.2, 0) is 0 Å². The molecule has 0 unspecified atom stereocenters. The standard InChI is InChI=1S/C21H28Si2/c1-17-12-13-20(21-11-9-8-10-19(17)21)18(16-23(5,6)7)14-15-22(2,3)4/h8-13,16H,1-7H3/b18-16+. The normalized spacial score (nSPS) is 12.9. The van der Waals surface area contributed by atoms with E-state index in [0.717, 1.165) is 0 Å². The minimum Gasteiger partial charge on any atom is -0.127 e. The first-order valence-electron chi connectivity index (χ1n) is 8.32. The van der Waals surface area contributed by atoms with Gasteiger partial charge in [0.25, 0.3) is 0 Å². The highest BCUT2D eigenvalue weighted by molar-refractivity contribution is 6.84. The van der Waals surface area contributed by atoms with E-state index in [-0.39, 0.29) is 0 Å². The van der Waals surface area contributed by atoms with E-state index in [1.807, 2.05) is 0 Å². The number of hydrogen-bond acceptors (Lipinski definition) is 0. The fourth-order valence-corrected chi connectivity index (χ4v) is 4.16. The van der Waals surface area contributed by atoms with Gasteiger partial charge in [-0.1, -0.05) is 87.3 Å². The zero-order chi connectivity index (χ0) is 17.3. The summed E-state index contributed by atoms with van der Waals surface area (Å²) in [7, 11) is -2.74. The van der Waals surface area contributed by atoms with E-state index in [9.17, 15) is 0 Å². The fraction of sp³-hybridized carbons (Fsp3) is 0.333. The van der Waals surface area contributed by atoms with E-state index >= 15 is 0 Å². The molecule has 0 aromatic heterocycles. The van der Waals surface area contributed by atoms with Crippen LogP contribution in [0.15, 0.2) is 42.1 Å². The van der Waals surface area contributed by atoms with Gasteiger partial charge in [-0.3, -0.25) is 0 Å². The van der Waals surface area contributed by atoms with E-state index in [1.54, 1.807) is 0 Å². The van der Waals surface area contributed by atoms with E-state index in [2.05, 4.69) is 99.8 Å². The zero-order valence-electron chi connectivity index (χ0n) is 15.5. The summed E-state index contributed by atoms with van der Waals surface area (Å²) in [4.78, 5) is 0. The molecule has 0 aliphatic heterocycles. The molecule has 0 nitrogen and oxygen atoms in total. The lowest BCUT2D eigenvalue weighted by Crippen LogP contribution is -2.18. The third-order valence-corrected chi connectivity index (χ3v) is 5.61. The number of fused-ring (bicyclic) bond motifs is 1. The van der Waals surface area contributed by atoms with Gasteiger partial charge in [-0.15, -0.1) is 5.54 Å². The highest BCUT2D eigenvalue weighted by Gasteiger charge is 2.15. The highest BCUT2D eigenvalue weighted by Crippen LogP contribution is 2.28. The molecule has 2 heteroatoms. The van der Waals surface area contributed by atoms with E-state index in [0.29, 0.717) is 0 Å². The molecule has 2 aromatic carbocycles. The van der Waals surface area contributed by atoms with Crippen LogP contribution in [0.4, 0.5) is 0 Å². The molecule has 0 amide bonds. The molecule has 0 radical (unpaired) electrons. The molecule has 0 fully saturated rings. The SMILES string of the molecule is Cc1ccc(/C(C#C[Si](C)(C)C)=C/[Si](C)(C)C)c2ccccc12. The van der Waals surface area contributed by atoms with Crippen LogP contribution in [0.1, 0.15) is 11.1 Å². The van der Waals surface area contributed by atoms with Gasteiger partial charge in [0.2, 0.25) is 0 Å². The Hall–Kier alpha value is -1.57. The first kappa shape index (κ1) is 17.8. The van der Waals surface area contributed by atoms with Gasteiger partial charge in [-0.25, -0.2) is 0 Å². The summed E-state index contributed by atoms with van der Waals surface area (Å²) in [6.07, 6.45) is 0. The van der Waals surface area contributed by atoms with Crippen molar-refractivity contribution < 1.29 is 0 Å². The third-order valence-electron chi connectivity index (χ3n) is 3.58. The van der Waals surface area contributed by atoms with Gasteiger partial charge < -0.3 is 0 Å². The predicted molar refractivity (Wildman–Crippen MR) is 111 cm³/mol. The second-order valence-electron chi connectivity index (χ2n) is 8.40. The largest absolute Gasteiger partial charge is 0.129 e. The Labute approximate surface area is 143 Å². The summed E-state index contributed by atoms with van der Waals surface area (Å²) < 4.78 is 0. The second-order valence-corrected chi connectivity index (χ2v) is 18.2. The molecule has 120 valence electrons. The van der Waals surface area contributed by atoms with Crippen LogP contribution in [0.25, 0.3) is 16.3 Å². The van der Waals surface area contributed by atoms with Crippen molar-refractivity contribution in [1.82, 2.24) is 0 Å². The van der Waals surface area contributed by atoms with Crippen molar-refractivity contribution in [3.8, 4) is 11.5 Å². The summed E-state index contributed by atoms with van der Waals surface area (Å²) in [6, 6.07) is 13.2. The molecular formula is C21H28Si2. The van der Waals surface area contributed by atoms with Crippen LogP contribution < -0.4 is 0 Å². The minimum atomic E-state index is -1.39. The smallest absolute Gasteiger partial charge is 0.127 e. The van der Waals surface area contributed by atoms with Crippen molar-refractivity contribution in [3.05, 3.63) is 53.2 Å². The van der Waals surface area contributed by atoms with Crippen molar-refractivity contribution in [3.63, 3.8) is 0 Å². The summed E-state index contributed by atoms with van der Waals surface area (Å²) in [5.41, 5.74) is 9.87. The fourth-order valence-electron chi connectivity index (χ4n) is 2.55. The van der Waals surface area contributed by atoms with Gasteiger partial charge in [-0.2, -0.15) is 0 Å². The van der Waals surface area contributed by atoms with E-state index in [1.165, 1.54) is 27.5 Å². The molecular weight excluding hydrogens is 308 g/mol. The molecule has 0 spiro atoms. The Balaban J connectivity index is 2.72. The van der Waals surface area contributed by atoms with Gasteiger partial charge in [0.1, 0.15) is 8.07 Å². The molecule has 0 atom stereocenters. The molecule has 0 aliphatic carbocycles. The topological polar surface area (TPSA) is 0 Å². The number of benzene rings is 2. The lowest BCUT2D eigenvalue weighted by atomic mass is 9.96. The predicted octanol–water partition coefficient (Wildman–Crippen LogP) is 6.29. The second kappa shape index (κ2) is 6.51. The lowest BCUT2D eigenvalue weighted by Gasteiger charge is -2.15. The van der Waals surface area contributed by atoms with Crippen LogP contribution in [0.2, 0.25) is 39.3 Å². The van der Waals surface area contributed by atoms with Crippen LogP contribution in [0, 0.1) is 18.4 Å². The Morgan fingerprint density at radius 3 is 2.04 bits per heavy atom. The van der Waals surface area contributed by atoms with Gasteiger partial charge in [-0.05, 0) is 28.8 Å². The Bertz CT molecular complexity index is 804. The van der Waals surface area contributed by atoms with Gasteiger partial charge in [0.05, 0.1) is 8.07 Å². The van der Waals surface area contributed by atoms with Crippen molar-refractivity contribution in [2.45, 2.75) is 46.2 Å². The quantitative estimate of drug-likeness (QED) is 0.446. The maximum absolute atomic E-state index is 3.57. The van der Waals surface area contributed by atoms with Crippen LogP contribution in [0.5, 0.6) is 0 Å². The third kappa shape index (κ3) is 4.96. The van der Waals surface area contributed by atoms with Gasteiger partial charge >= 0.3 is 0 Å². The molecule has 0 aliphatic rings. The minimum absolute atomic E-state index is 1.22. The molecule has 0 heterocycles. The zero-order valence-corrected chi connectivity index (χ0v) is 17.5. The average Bonchev–Trinajstić information content (AvgIpc) is 2.42. The monoisotopic (exact) mass is 336 g/mol. The summed E-state index contributed by atoms with van der Waals surface area (Å²) in [6.45, 7) is 16.2. The van der Waals surface area contributed by atoms with Crippen LogP contribution in [-0.4, -0.2) is 16.1 Å². The Kier molecular flexibility index (Phi) is 5.03. The summed E-state index contributed by atoms with van der Waals surface area (Å²) >= 11 is 0. The molecule has 0 saturated heterocycles. The molecule has 0 bridgehead atoms. The summed E-state index contributed by atoms with van der Waals surface area (Å²) in [5, 5.41) is 2.66. The number of hydrogen-bond donors (Lipinski definition) is 0. The molecule has 23 heavy (non-hydrogen) atoms. The Morgan fingerprint density at radius 2 is 1.48 bits per heavy atom. The maximum atomic E-state index is 3.57. The maximum Gasteiger partial charge on any atom is 0.129 e. The van der Waals surface area contributed by atoms with Gasteiger partial charge in [0.15, 0.2) is 0 Å². The first-order chi connectivity index (χ1) is 10.6. The lowest BCUT2D eigenvalue weighted by molar-refractivity contribution is 1.52. The van der Waals surface area contributed by atoms with E-state index < -0.39 is 16.1 Å². The summed E-state index contributed by atoms with van der Waals surface area (Å²) in [5.74, 6) is 3.55. The van der Waals surface area contributed by atoms with Crippen LogP contribution >= 0.6 is 0 Å². The number of allylic oxidation sites excluding steroid dienone is 1. The highest BCUT2D eigenvalue weighted by atomic mass is 28.3. The van der Waals surface area contributed by atoms with Crippen molar-refractivity contribution in [1.29, 1.82) is 0 Å². The average molecular weight is 337 g/mol. The van der Waals surface area contributed by atoms with Crippen molar-refractivity contribution in [2.75, 3.05) is 0 Å². The first-order valence-corrected chi connectivity index (χ1v) is 15.4. The Morgan fingerprint density at radius 1 is 0.870 bits per heavy atom. The number of aryl methyl sites for hydroxylation is 1. The molecule has 0 N–H and O–H groups in total. The van der Waals surface area contributed by atoms with Gasteiger partial charge in [0, 0.05) is 5.57 Å². The van der Waals surface area contributed by atoms with E-state index in [4.69, 9.17) is 0 Å². The number of rotatable bonds is 2. The van der Waals surface area contributed by atoms with Crippen molar-refractivity contribution in [2.24, 2.45) is 0 Å². The molecule has 2 aromatic rings.